The highest BCUT2D eigenvalue weighted by atomic mass is 32.1. The lowest BCUT2D eigenvalue weighted by Gasteiger charge is -2.31. The van der Waals surface area contributed by atoms with Crippen LogP contribution in [0.1, 0.15) is 24.2 Å². The predicted octanol–water partition coefficient (Wildman–Crippen LogP) is 3.89. The molecule has 7 nitrogen and oxygen atoms in total. The first kappa shape index (κ1) is 18.9. The largest absolute Gasteiger partial charge is 0.467 e. The third-order valence-electron chi connectivity index (χ3n) is 5.46. The molecule has 1 aliphatic heterocycles. The molecule has 0 unspecified atom stereocenters. The van der Waals surface area contributed by atoms with E-state index in [1.165, 1.54) is 5.56 Å². The summed E-state index contributed by atoms with van der Waals surface area (Å²) in [6.45, 7) is 4.08. The quantitative estimate of drug-likeness (QED) is 0.529. The number of imidazole rings is 1. The second kappa shape index (κ2) is 7.95. The van der Waals surface area contributed by atoms with Crippen LogP contribution in [0.4, 0.5) is 5.13 Å². The molecule has 30 heavy (non-hydrogen) atoms. The molecule has 8 heteroatoms. The molecule has 0 spiro atoms. The standard InChI is InChI=1S/C22H23N5O2S/c1-15-6-8-16(9-7-15)19-14-27-21(24-19)30-22(25-27)26-10-2-4-17(13-26)20(28)23-12-18-5-3-11-29-18/h3,5-9,11,14,17H,2,4,10,12-13H2,1H3,(H,23,28)/t17-/m1/s1. The lowest BCUT2D eigenvalue weighted by atomic mass is 9.97. The van der Waals surface area contributed by atoms with Crippen LogP contribution >= 0.6 is 11.3 Å². The van der Waals surface area contributed by atoms with Gasteiger partial charge in [0.2, 0.25) is 16.0 Å². The maximum absolute atomic E-state index is 12.6. The maximum Gasteiger partial charge on any atom is 0.225 e. The van der Waals surface area contributed by atoms with Crippen LogP contribution in [-0.2, 0) is 11.3 Å². The summed E-state index contributed by atoms with van der Waals surface area (Å²) < 4.78 is 7.13. The van der Waals surface area contributed by atoms with Crippen molar-refractivity contribution >= 4 is 27.3 Å². The van der Waals surface area contributed by atoms with E-state index in [-0.39, 0.29) is 11.8 Å². The molecule has 154 valence electrons. The minimum atomic E-state index is -0.0481. The van der Waals surface area contributed by atoms with Crippen molar-refractivity contribution in [3.05, 3.63) is 60.2 Å². The van der Waals surface area contributed by atoms with Crippen LogP contribution in [0.2, 0.25) is 0 Å². The van der Waals surface area contributed by atoms with Crippen LogP contribution in [0.15, 0.2) is 53.3 Å². The number of fused-ring (bicyclic) bond motifs is 1. The Kier molecular flexibility index (Phi) is 5.00. The molecule has 1 saturated heterocycles. The van der Waals surface area contributed by atoms with Crippen LogP contribution in [0.5, 0.6) is 0 Å². The van der Waals surface area contributed by atoms with Crippen molar-refractivity contribution in [1.29, 1.82) is 0 Å². The number of benzene rings is 1. The van der Waals surface area contributed by atoms with E-state index in [0.29, 0.717) is 13.1 Å². The number of anilines is 1. The zero-order chi connectivity index (χ0) is 20.5. The molecule has 1 aromatic carbocycles. The van der Waals surface area contributed by atoms with Gasteiger partial charge >= 0.3 is 0 Å². The Hall–Kier alpha value is -3.13. The number of rotatable bonds is 5. The van der Waals surface area contributed by atoms with Gasteiger partial charge in [-0.2, -0.15) is 0 Å². The van der Waals surface area contributed by atoms with Gasteiger partial charge in [0.05, 0.1) is 30.6 Å². The summed E-state index contributed by atoms with van der Waals surface area (Å²) in [5, 5.41) is 8.63. The van der Waals surface area contributed by atoms with E-state index in [0.717, 1.165) is 46.5 Å². The summed E-state index contributed by atoms with van der Waals surface area (Å²) >= 11 is 1.57. The van der Waals surface area contributed by atoms with Gasteiger partial charge in [-0.25, -0.2) is 9.50 Å². The molecule has 1 fully saturated rings. The Morgan fingerprint density at radius 1 is 1.30 bits per heavy atom. The maximum atomic E-state index is 12.6. The number of nitrogens with zero attached hydrogens (tertiary/aromatic N) is 4. The molecular formula is C22H23N5O2S. The number of furan rings is 1. The number of hydrogen-bond acceptors (Lipinski definition) is 6. The van der Waals surface area contributed by atoms with Crippen molar-refractivity contribution in [3.63, 3.8) is 0 Å². The van der Waals surface area contributed by atoms with Crippen molar-refractivity contribution in [2.45, 2.75) is 26.3 Å². The van der Waals surface area contributed by atoms with E-state index < -0.39 is 0 Å². The molecule has 3 aromatic heterocycles. The van der Waals surface area contributed by atoms with Crippen LogP contribution < -0.4 is 10.2 Å². The highest BCUT2D eigenvalue weighted by Gasteiger charge is 2.28. The molecular weight excluding hydrogens is 398 g/mol. The molecule has 0 bridgehead atoms. The van der Waals surface area contributed by atoms with Gasteiger partial charge in [0.25, 0.3) is 0 Å². The molecule has 1 amide bonds. The van der Waals surface area contributed by atoms with Crippen LogP contribution in [-0.4, -0.2) is 33.6 Å². The zero-order valence-corrected chi connectivity index (χ0v) is 17.6. The number of nitrogens with one attached hydrogen (secondary N) is 1. The summed E-state index contributed by atoms with van der Waals surface area (Å²) in [6, 6.07) is 12.0. The van der Waals surface area contributed by atoms with Crippen molar-refractivity contribution < 1.29 is 9.21 Å². The molecule has 5 rings (SSSR count). The number of carbonyl (C=O) groups is 1. The zero-order valence-electron chi connectivity index (χ0n) is 16.7. The third kappa shape index (κ3) is 3.82. The van der Waals surface area contributed by atoms with E-state index in [2.05, 4.69) is 41.4 Å². The van der Waals surface area contributed by atoms with Crippen LogP contribution in [0.25, 0.3) is 16.2 Å². The highest BCUT2D eigenvalue weighted by Crippen LogP contribution is 2.30. The second-order valence-electron chi connectivity index (χ2n) is 7.69. The Bertz CT molecular complexity index is 1110. The minimum absolute atomic E-state index is 0.0481. The minimum Gasteiger partial charge on any atom is -0.467 e. The Morgan fingerprint density at radius 3 is 2.93 bits per heavy atom. The van der Waals surface area contributed by atoms with E-state index in [1.54, 1.807) is 17.6 Å². The van der Waals surface area contributed by atoms with Gasteiger partial charge < -0.3 is 14.6 Å². The van der Waals surface area contributed by atoms with Gasteiger partial charge in [-0.15, -0.1) is 5.10 Å². The smallest absolute Gasteiger partial charge is 0.225 e. The van der Waals surface area contributed by atoms with E-state index in [1.807, 2.05) is 22.8 Å². The van der Waals surface area contributed by atoms with E-state index in [9.17, 15) is 4.79 Å². The molecule has 1 aliphatic rings. The fourth-order valence-corrected chi connectivity index (χ4v) is 4.70. The van der Waals surface area contributed by atoms with Gasteiger partial charge in [0.15, 0.2) is 0 Å². The van der Waals surface area contributed by atoms with Crippen LogP contribution in [0, 0.1) is 12.8 Å². The number of aromatic nitrogens is 3. The average Bonchev–Trinajstić information content (AvgIpc) is 3.49. The van der Waals surface area contributed by atoms with E-state index >= 15 is 0 Å². The van der Waals surface area contributed by atoms with Crippen LogP contribution in [0.3, 0.4) is 0 Å². The SMILES string of the molecule is Cc1ccc(-c2cn3nc(N4CCC[C@@H](C(=O)NCc5ccco5)C4)sc3n2)cc1. The van der Waals surface area contributed by atoms with Gasteiger partial charge in [-0.1, -0.05) is 41.2 Å². The topological polar surface area (TPSA) is 75.7 Å². The second-order valence-corrected chi connectivity index (χ2v) is 8.62. The molecule has 1 N–H and O–H groups in total. The molecule has 4 aromatic rings. The van der Waals surface area contributed by atoms with Crippen molar-refractivity contribution in [1.82, 2.24) is 19.9 Å². The number of hydrogen-bond donors (Lipinski definition) is 1. The number of carbonyl (C=O) groups excluding carboxylic acids is 1. The summed E-state index contributed by atoms with van der Waals surface area (Å²) in [5.41, 5.74) is 3.24. The highest BCUT2D eigenvalue weighted by molar-refractivity contribution is 7.20. The van der Waals surface area contributed by atoms with Gasteiger partial charge in [-0.3, -0.25) is 4.79 Å². The summed E-state index contributed by atoms with van der Waals surface area (Å²) in [4.78, 5) is 20.4. The van der Waals surface area contributed by atoms with Crippen molar-refractivity contribution in [2.75, 3.05) is 18.0 Å². The fraction of sp³-hybridized carbons (Fsp3) is 0.318. The van der Waals surface area contributed by atoms with Crippen molar-refractivity contribution in [3.8, 4) is 11.3 Å². The molecule has 4 heterocycles. The predicted molar refractivity (Wildman–Crippen MR) is 117 cm³/mol. The Morgan fingerprint density at radius 2 is 2.17 bits per heavy atom. The first-order valence-corrected chi connectivity index (χ1v) is 11.0. The average molecular weight is 422 g/mol. The lowest BCUT2D eigenvalue weighted by molar-refractivity contribution is -0.125. The number of amides is 1. The molecule has 0 saturated carbocycles. The molecule has 0 aliphatic carbocycles. The Labute approximate surface area is 178 Å². The Balaban J connectivity index is 1.27. The third-order valence-corrected chi connectivity index (χ3v) is 6.44. The van der Waals surface area contributed by atoms with E-state index in [4.69, 9.17) is 14.5 Å². The van der Waals surface area contributed by atoms with Crippen molar-refractivity contribution in [2.24, 2.45) is 5.92 Å². The molecule has 1 atom stereocenters. The normalized spacial score (nSPS) is 16.8. The fourth-order valence-electron chi connectivity index (χ4n) is 3.78. The lowest BCUT2D eigenvalue weighted by Crippen LogP contribution is -2.43. The number of aryl methyl sites for hydroxylation is 1. The first-order valence-electron chi connectivity index (χ1n) is 10.1. The monoisotopic (exact) mass is 421 g/mol. The van der Waals surface area contributed by atoms with Gasteiger partial charge in [-0.05, 0) is 31.9 Å². The van der Waals surface area contributed by atoms with Gasteiger partial charge in [0, 0.05) is 18.7 Å². The van der Waals surface area contributed by atoms with Gasteiger partial charge in [0.1, 0.15) is 5.76 Å². The summed E-state index contributed by atoms with van der Waals surface area (Å²) in [6.07, 6.45) is 5.44. The number of piperidine rings is 1. The first-order chi connectivity index (χ1) is 14.7. The summed E-state index contributed by atoms with van der Waals surface area (Å²) in [7, 11) is 0. The molecule has 0 radical (unpaired) electrons. The summed E-state index contributed by atoms with van der Waals surface area (Å²) in [5.74, 6) is 0.786.